The Balaban J connectivity index is 0.00000420. The average Bonchev–Trinajstić information content (AvgIpc) is 2.65. The van der Waals surface area contributed by atoms with Crippen LogP contribution in [0.4, 0.5) is 0 Å². The molecule has 1 saturated heterocycles. The molecule has 9 heteroatoms. The van der Waals surface area contributed by atoms with Crippen molar-refractivity contribution in [2.45, 2.75) is 39.3 Å². The zero-order valence-electron chi connectivity index (χ0n) is 18.5. The third kappa shape index (κ3) is 10.7. The maximum absolute atomic E-state index is 12.1. The van der Waals surface area contributed by atoms with Gasteiger partial charge >= 0.3 is 0 Å². The molecule has 2 N–H and O–H groups in total. The predicted octanol–water partition coefficient (Wildman–Crippen LogP) is 2.64. The van der Waals surface area contributed by atoms with Gasteiger partial charge in [-0.25, -0.2) is 0 Å². The number of carbonyl (C=O) groups is 1. The van der Waals surface area contributed by atoms with E-state index < -0.39 is 0 Å². The Morgan fingerprint density at radius 1 is 1.20 bits per heavy atom. The van der Waals surface area contributed by atoms with Gasteiger partial charge in [-0.1, -0.05) is 12.1 Å². The molecule has 1 aromatic carbocycles. The van der Waals surface area contributed by atoms with E-state index in [1.807, 2.05) is 39.0 Å². The molecule has 1 aromatic rings. The number of halogens is 2. The Morgan fingerprint density at radius 3 is 2.53 bits per heavy atom. The number of para-hydroxylation sites is 1. The maximum Gasteiger partial charge on any atom is 0.258 e. The van der Waals surface area contributed by atoms with Crippen LogP contribution in [0.5, 0.6) is 11.5 Å². The molecule has 0 aromatic heterocycles. The molecule has 1 amide bonds. The van der Waals surface area contributed by atoms with Crippen LogP contribution in [-0.4, -0.2) is 69.5 Å². The minimum Gasteiger partial charge on any atom is -0.493 e. The van der Waals surface area contributed by atoms with E-state index in [1.54, 1.807) is 7.11 Å². The molecule has 0 unspecified atom stereocenters. The number of amides is 1. The number of carbonyl (C=O) groups excluding carboxylic acids is 1. The van der Waals surface area contributed by atoms with Gasteiger partial charge in [0.05, 0.1) is 20.3 Å². The largest absolute Gasteiger partial charge is 0.493 e. The van der Waals surface area contributed by atoms with Crippen molar-refractivity contribution in [2.24, 2.45) is 0 Å². The highest BCUT2D eigenvalue weighted by molar-refractivity contribution is 5.85. The smallest absolute Gasteiger partial charge is 0.258 e. The fraction of sp³-hybridized carbons (Fsp3) is 0.667. The van der Waals surface area contributed by atoms with Crippen molar-refractivity contribution in [2.75, 3.05) is 53.1 Å². The Kier molecular flexibility index (Phi) is 14.1. The van der Waals surface area contributed by atoms with Crippen LogP contribution >= 0.6 is 24.8 Å². The summed E-state index contributed by atoms with van der Waals surface area (Å²) in [6.45, 7) is 12.2. The van der Waals surface area contributed by atoms with Gasteiger partial charge in [0.15, 0.2) is 18.1 Å². The minimum atomic E-state index is -0.286. The van der Waals surface area contributed by atoms with Crippen molar-refractivity contribution in [3.63, 3.8) is 0 Å². The summed E-state index contributed by atoms with van der Waals surface area (Å²) in [5.74, 6) is 1.11. The van der Waals surface area contributed by atoms with Crippen LogP contribution in [0.1, 0.15) is 32.8 Å². The molecule has 0 radical (unpaired) electrons. The summed E-state index contributed by atoms with van der Waals surface area (Å²) < 4.78 is 16.6. The lowest BCUT2D eigenvalue weighted by Crippen LogP contribution is -2.43. The third-order valence-corrected chi connectivity index (χ3v) is 4.39. The highest BCUT2D eigenvalue weighted by Gasteiger charge is 2.16. The summed E-state index contributed by atoms with van der Waals surface area (Å²) in [7, 11) is 1.61. The first-order chi connectivity index (χ1) is 13.4. The van der Waals surface area contributed by atoms with Crippen molar-refractivity contribution in [1.29, 1.82) is 0 Å². The zero-order valence-corrected chi connectivity index (χ0v) is 20.1. The molecule has 0 saturated carbocycles. The van der Waals surface area contributed by atoms with Crippen LogP contribution < -0.4 is 20.1 Å². The van der Waals surface area contributed by atoms with E-state index >= 15 is 0 Å². The Labute approximate surface area is 193 Å². The van der Waals surface area contributed by atoms with E-state index in [9.17, 15) is 4.79 Å². The van der Waals surface area contributed by atoms with Gasteiger partial charge in [-0.05, 0) is 46.3 Å². The molecular formula is C21H37Cl2N3O4. The fourth-order valence-corrected chi connectivity index (χ4v) is 3.09. The quantitative estimate of drug-likeness (QED) is 0.517. The number of nitrogens with zero attached hydrogens (tertiary/aromatic N) is 1. The molecule has 0 spiro atoms. The molecule has 0 bridgehead atoms. The number of morpholine rings is 1. The number of nitrogens with one attached hydrogen (secondary N) is 2. The molecule has 1 heterocycles. The number of benzene rings is 1. The molecule has 7 nitrogen and oxygen atoms in total. The molecule has 2 rings (SSSR count). The number of hydrogen-bond donors (Lipinski definition) is 2. The maximum atomic E-state index is 12.1. The van der Waals surface area contributed by atoms with E-state index in [1.165, 1.54) is 0 Å². The SMILES string of the molecule is COc1cccc(CNCCCN2CCOCC2)c1OCC(=O)NC(C)(C)C.Cl.Cl. The van der Waals surface area contributed by atoms with Crippen LogP contribution in [0.15, 0.2) is 18.2 Å². The van der Waals surface area contributed by atoms with Gasteiger partial charge in [-0.15, -0.1) is 24.8 Å². The highest BCUT2D eigenvalue weighted by atomic mass is 35.5. The number of rotatable bonds is 10. The summed E-state index contributed by atoms with van der Waals surface area (Å²) in [5, 5.41) is 6.37. The van der Waals surface area contributed by atoms with Gasteiger partial charge in [-0.2, -0.15) is 0 Å². The van der Waals surface area contributed by atoms with Crippen LogP contribution in [-0.2, 0) is 16.1 Å². The molecule has 0 aliphatic carbocycles. The molecule has 0 atom stereocenters. The van der Waals surface area contributed by atoms with E-state index in [2.05, 4.69) is 15.5 Å². The van der Waals surface area contributed by atoms with Gasteiger partial charge in [-0.3, -0.25) is 9.69 Å². The minimum absolute atomic E-state index is 0. The topological polar surface area (TPSA) is 72.1 Å². The number of hydrogen-bond acceptors (Lipinski definition) is 6. The van der Waals surface area contributed by atoms with Crippen LogP contribution in [0.3, 0.4) is 0 Å². The second kappa shape index (κ2) is 14.7. The molecule has 1 fully saturated rings. The third-order valence-electron chi connectivity index (χ3n) is 4.39. The van der Waals surface area contributed by atoms with E-state index in [0.717, 1.165) is 51.4 Å². The van der Waals surface area contributed by atoms with Crippen LogP contribution in [0, 0.1) is 0 Å². The second-order valence-electron chi connectivity index (χ2n) is 8.02. The second-order valence-corrected chi connectivity index (χ2v) is 8.02. The zero-order chi connectivity index (χ0) is 20.4. The first-order valence-corrected chi connectivity index (χ1v) is 9.99. The van der Waals surface area contributed by atoms with Crippen molar-refractivity contribution in [1.82, 2.24) is 15.5 Å². The number of methoxy groups -OCH3 is 1. The molecule has 30 heavy (non-hydrogen) atoms. The molecule has 1 aliphatic rings. The first-order valence-electron chi connectivity index (χ1n) is 9.99. The first kappa shape index (κ1) is 28.8. The van der Waals surface area contributed by atoms with E-state index in [-0.39, 0.29) is 42.9 Å². The Bertz CT molecular complexity index is 621. The summed E-state index contributed by atoms with van der Waals surface area (Å²) in [4.78, 5) is 14.5. The summed E-state index contributed by atoms with van der Waals surface area (Å²) >= 11 is 0. The van der Waals surface area contributed by atoms with Gasteiger partial charge in [0.25, 0.3) is 5.91 Å². The van der Waals surface area contributed by atoms with E-state index in [0.29, 0.717) is 18.0 Å². The summed E-state index contributed by atoms with van der Waals surface area (Å²) in [6.07, 6.45) is 1.08. The lowest BCUT2D eigenvalue weighted by molar-refractivity contribution is -0.124. The van der Waals surface area contributed by atoms with Crippen molar-refractivity contribution in [3.05, 3.63) is 23.8 Å². The van der Waals surface area contributed by atoms with Crippen molar-refractivity contribution >= 4 is 30.7 Å². The fourth-order valence-electron chi connectivity index (χ4n) is 3.09. The summed E-state index contributed by atoms with van der Waals surface area (Å²) in [6, 6.07) is 5.78. The average molecular weight is 466 g/mol. The monoisotopic (exact) mass is 465 g/mol. The van der Waals surface area contributed by atoms with Gasteiger partial charge in [0.1, 0.15) is 0 Å². The molecule has 174 valence electrons. The predicted molar refractivity (Wildman–Crippen MR) is 124 cm³/mol. The standard InChI is InChI=1S/C21H35N3O4.2ClH/c1-21(2,3)23-19(25)16-28-20-17(7-5-8-18(20)26-4)15-22-9-6-10-24-11-13-27-14-12-24;;/h5,7-8,22H,6,9-16H2,1-4H3,(H,23,25);2*1H. The van der Waals surface area contributed by atoms with Crippen molar-refractivity contribution in [3.8, 4) is 11.5 Å². The van der Waals surface area contributed by atoms with Crippen LogP contribution in [0.25, 0.3) is 0 Å². The number of ether oxygens (including phenoxy) is 3. The lowest BCUT2D eigenvalue weighted by atomic mass is 10.1. The summed E-state index contributed by atoms with van der Waals surface area (Å²) in [5.41, 5.74) is 0.695. The molecule has 1 aliphatic heterocycles. The molecular weight excluding hydrogens is 429 g/mol. The van der Waals surface area contributed by atoms with Crippen LogP contribution in [0.2, 0.25) is 0 Å². The lowest BCUT2D eigenvalue weighted by Gasteiger charge is -2.26. The van der Waals surface area contributed by atoms with Gasteiger partial charge in [0.2, 0.25) is 0 Å². The van der Waals surface area contributed by atoms with Crippen molar-refractivity contribution < 1.29 is 19.0 Å². The van der Waals surface area contributed by atoms with Gasteiger partial charge < -0.3 is 24.8 Å². The Morgan fingerprint density at radius 2 is 1.90 bits per heavy atom. The van der Waals surface area contributed by atoms with E-state index in [4.69, 9.17) is 14.2 Å². The normalized spacial score (nSPS) is 14.3. The Hall–Kier alpha value is -1.25. The highest BCUT2D eigenvalue weighted by Crippen LogP contribution is 2.31. The van der Waals surface area contributed by atoms with Gasteiger partial charge in [0, 0.05) is 30.7 Å².